The Morgan fingerprint density at radius 3 is 2.61 bits per heavy atom. The summed E-state index contributed by atoms with van der Waals surface area (Å²) in [6, 6.07) is 12.0. The molecule has 12 nitrogen and oxygen atoms in total. The molecule has 3 amide bonds. The number of carbonyl (C=O) groups excluding carboxylic acids is 4. The zero-order valence-electron chi connectivity index (χ0n) is 18.7. The first-order valence-electron chi connectivity index (χ1n) is 10.9. The smallest absolute Gasteiger partial charge is 0.349 e. The van der Waals surface area contributed by atoms with Crippen LogP contribution in [-0.2, 0) is 9.53 Å². The number of nitrogens with zero attached hydrogens (tertiary/aromatic N) is 2. The first-order valence-corrected chi connectivity index (χ1v) is 10.9. The molecule has 12 heteroatoms. The van der Waals surface area contributed by atoms with Gasteiger partial charge in [-0.15, -0.1) is 0 Å². The molecule has 1 aromatic heterocycles. The van der Waals surface area contributed by atoms with Crippen LogP contribution in [0.25, 0.3) is 11.0 Å². The maximum Gasteiger partial charge on any atom is 0.349 e. The number of amides is 3. The van der Waals surface area contributed by atoms with Gasteiger partial charge in [0.25, 0.3) is 23.4 Å². The molecular formula is C24H19N3O9. The van der Waals surface area contributed by atoms with E-state index in [-0.39, 0.29) is 49.2 Å². The van der Waals surface area contributed by atoms with Gasteiger partial charge in [-0.2, -0.15) is 0 Å². The summed E-state index contributed by atoms with van der Waals surface area (Å²) in [5, 5.41) is 14.3. The van der Waals surface area contributed by atoms with Crippen LogP contribution < -0.4 is 10.9 Å². The zero-order valence-corrected chi connectivity index (χ0v) is 18.7. The van der Waals surface area contributed by atoms with Crippen molar-refractivity contribution in [1.82, 2.24) is 10.2 Å². The van der Waals surface area contributed by atoms with Gasteiger partial charge in [-0.3, -0.25) is 34.2 Å². The number of hydrogen-bond donors (Lipinski definition) is 1. The molecule has 36 heavy (non-hydrogen) atoms. The van der Waals surface area contributed by atoms with Crippen molar-refractivity contribution < 1.29 is 33.3 Å². The first-order chi connectivity index (χ1) is 17.3. The van der Waals surface area contributed by atoms with E-state index in [2.05, 4.69) is 5.32 Å². The van der Waals surface area contributed by atoms with E-state index in [0.717, 1.165) is 11.0 Å². The van der Waals surface area contributed by atoms with E-state index in [9.17, 15) is 34.1 Å². The van der Waals surface area contributed by atoms with E-state index in [1.54, 1.807) is 24.3 Å². The molecule has 0 aliphatic carbocycles. The molecule has 0 unspecified atom stereocenters. The number of imide groups is 1. The number of nitrogens with one attached hydrogen (secondary N) is 1. The standard InChI is InChI=1S/C24H19N3O9/c28-19(9-11-26-22(30)15-6-3-7-17(27(33)34)20(15)23(26)31)35-12-4-10-25-21(29)16-13-14-5-1-2-8-18(14)36-24(16)32/h1-3,5-8,13H,4,9-12H2,(H,25,29). The quantitative estimate of drug-likeness (QED) is 0.117. The Kier molecular flexibility index (Phi) is 6.86. The molecule has 2 heterocycles. The maximum atomic E-state index is 12.5. The minimum Gasteiger partial charge on any atom is -0.466 e. The van der Waals surface area contributed by atoms with Crippen molar-refractivity contribution in [2.24, 2.45) is 0 Å². The molecule has 2 aromatic carbocycles. The fraction of sp³-hybridized carbons (Fsp3) is 0.208. The number of rotatable bonds is 9. The summed E-state index contributed by atoms with van der Waals surface area (Å²) in [7, 11) is 0. The van der Waals surface area contributed by atoms with Crippen molar-refractivity contribution >= 4 is 40.3 Å². The van der Waals surface area contributed by atoms with E-state index in [0.29, 0.717) is 11.0 Å². The molecule has 4 rings (SSSR count). The van der Waals surface area contributed by atoms with Crippen molar-refractivity contribution in [2.75, 3.05) is 19.7 Å². The highest BCUT2D eigenvalue weighted by atomic mass is 16.6. The number of hydrogen-bond acceptors (Lipinski definition) is 9. The summed E-state index contributed by atoms with van der Waals surface area (Å²) < 4.78 is 10.2. The second-order valence-corrected chi connectivity index (χ2v) is 7.78. The second-order valence-electron chi connectivity index (χ2n) is 7.78. The molecule has 0 radical (unpaired) electrons. The van der Waals surface area contributed by atoms with Gasteiger partial charge in [-0.1, -0.05) is 24.3 Å². The summed E-state index contributed by atoms with van der Waals surface area (Å²) in [4.78, 5) is 72.5. The number of nitro benzene ring substituents is 1. The fourth-order valence-electron chi connectivity index (χ4n) is 3.72. The summed E-state index contributed by atoms with van der Waals surface area (Å²) in [6.45, 7) is -0.240. The van der Waals surface area contributed by atoms with Crippen LogP contribution in [0.3, 0.4) is 0 Å². The largest absolute Gasteiger partial charge is 0.466 e. The molecule has 0 atom stereocenters. The highest BCUT2D eigenvalue weighted by Crippen LogP contribution is 2.30. The van der Waals surface area contributed by atoms with Crippen LogP contribution >= 0.6 is 0 Å². The number of para-hydroxylation sites is 1. The number of benzene rings is 2. The van der Waals surface area contributed by atoms with Crippen molar-refractivity contribution in [3.63, 3.8) is 0 Å². The van der Waals surface area contributed by atoms with Crippen LogP contribution in [0.1, 0.15) is 43.9 Å². The Morgan fingerprint density at radius 1 is 1.06 bits per heavy atom. The highest BCUT2D eigenvalue weighted by molar-refractivity contribution is 6.23. The van der Waals surface area contributed by atoms with E-state index in [1.165, 1.54) is 18.2 Å². The zero-order chi connectivity index (χ0) is 25.8. The average Bonchev–Trinajstić information content (AvgIpc) is 3.11. The van der Waals surface area contributed by atoms with Gasteiger partial charge in [0.15, 0.2) is 0 Å². The summed E-state index contributed by atoms with van der Waals surface area (Å²) in [5.74, 6) is -2.87. The van der Waals surface area contributed by atoms with Crippen LogP contribution in [0.2, 0.25) is 0 Å². The predicted octanol–water partition coefficient (Wildman–Crippen LogP) is 2.05. The molecule has 0 saturated carbocycles. The Morgan fingerprint density at radius 2 is 1.83 bits per heavy atom. The number of nitro groups is 1. The number of carbonyl (C=O) groups is 4. The van der Waals surface area contributed by atoms with E-state index in [4.69, 9.17) is 9.15 Å². The maximum absolute atomic E-state index is 12.5. The molecule has 0 bridgehead atoms. The Bertz CT molecular complexity index is 1460. The van der Waals surface area contributed by atoms with Crippen molar-refractivity contribution in [1.29, 1.82) is 0 Å². The third kappa shape index (κ3) is 4.82. The lowest BCUT2D eigenvalue weighted by molar-refractivity contribution is -0.385. The molecule has 1 aliphatic heterocycles. The minimum atomic E-state index is -0.837. The van der Waals surface area contributed by atoms with Gasteiger partial charge in [-0.05, 0) is 24.6 Å². The highest BCUT2D eigenvalue weighted by Gasteiger charge is 2.40. The van der Waals surface area contributed by atoms with Gasteiger partial charge in [0.2, 0.25) is 0 Å². The van der Waals surface area contributed by atoms with Crippen LogP contribution in [0, 0.1) is 10.1 Å². The van der Waals surface area contributed by atoms with Crippen LogP contribution in [0.5, 0.6) is 0 Å². The second kappa shape index (κ2) is 10.2. The van der Waals surface area contributed by atoms with Gasteiger partial charge in [-0.25, -0.2) is 4.79 Å². The van der Waals surface area contributed by atoms with Gasteiger partial charge in [0.05, 0.1) is 23.5 Å². The molecule has 1 aliphatic rings. The predicted molar refractivity (Wildman–Crippen MR) is 123 cm³/mol. The van der Waals surface area contributed by atoms with Crippen molar-refractivity contribution in [3.05, 3.63) is 85.8 Å². The molecule has 3 aromatic rings. The molecule has 0 spiro atoms. The average molecular weight is 493 g/mol. The number of esters is 1. The first kappa shape index (κ1) is 24.3. The van der Waals surface area contributed by atoms with Gasteiger partial charge < -0.3 is 14.5 Å². The van der Waals surface area contributed by atoms with E-state index in [1.807, 2.05) is 0 Å². The number of ether oxygens (including phenoxy) is 1. The lowest BCUT2D eigenvalue weighted by Crippen LogP contribution is -2.32. The van der Waals surface area contributed by atoms with Gasteiger partial charge in [0, 0.05) is 24.5 Å². The van der Waals surface area contributed by atoms with E-state index >= 15 is 0 Å². The fourth-order valence-corrected chi connectivity index (χ4v) is 3.72. The minimum absolute atomic E-state index is 0.0565. The molecule has 184 valence electrons. The third-order valence-corrected chi connectivity index (χ3v) is 5.47. The number of fused-ring (bicyclic) bond motifs is 2. The summed E-state index contributed by atoms with van der Waals surface area (Å²) in [5.41, 5.74) is -1.40. The van der Waals surface area contributed by atoms with Crippen LogP contribution in [-0.4, -0.2) is 53.2 Å². The Hall–Kier alpha value is -4.87. The molecular weight excluding hydrogens is 474 g/mol. The third-order valence-electron chi connectivity index (χ3n) is 5.47. The summed E-state index contributed by atoms with van der Waals surface area (Å²) in [6.07, 6.45) is -0.0562. The van der Waals surface area contributed by atoms with Gasteiger partial charge >= 0.3 is 11.6 Å². The lowest BCUT2D eigenvalue weighted by Gasteiger charge is -2.13. The summed E-state index contributed by atoms with van der Waals surface area (Å²) >= 11 is 0. The lowest BCUT2D eigenvalue weighted by atomic mass is 10.1. The Labute approximate surface area is 202 Å². The molecule has 1 N–H and O–H groups in total. The van der Waals surface area contributed by atoms with E-state index < -0.39 is 39.9 Å². The van der Waals surface area contributed by atoms with Gasteiger partial charge in [0.1, 0.15) is 16.7 Å². The Balaban J connectivity index is 1.22. The normalized spacial score (nSPS) is 12.5. The SMILES string of the molecule is O=C(CCN1C(=O)c2cccc([N+](=O)[O-])c2C1=O)OCCCNC(=O)c1cc2ccccc2oc1=O. The van der Waals surface area contributed by atoms with Crippen molar-refractivity contribution in [3.8, 4) is 0 Å². The van der Waals surface area contributed by atoms with Crippen molar-refractivity contribution in [2.45, 2.75) is 12.8 Å². The van der Waals surface area contributed by atoms with Crippen LogP contribution in [0.15, 0.2) is 57.7 Å². The molecule has 0 saturated heterocycles. The topological polar surface area (TPSA) is 166 Å². The van der Waals surface area contributed by atoms with Crippen LogP contribution in [0.4, 0.5) is 5.69 Å². The monoisotopic (exact) mass is 493 g/mol. The molecule has 0 fully saturated rings.